The van der Waals surface area contributed by atoms with E-state index in [2.05, 4.69) is 12.2 Å². The molecule has 1 aromatic rings. The average Bonchev–Trinajstić information content (AvgIpc) is 2.58. The third-order valence-corrected chi connectivity index (χ3v) is 3.08. The number of likely N-dealkylation sites (N-methyl/N-ethyl adjacent to an activating group) is 1. The van der Waals surface area contributed by atoms with Crippen molar-refractivity contribution in [1.82, 2.24) is 4.90 Å². The van der Waals surface area contributed by atoms with E-state index in [1.165, 1.54) is 17.5 Å². The smallest absolute Gasteiger partial charge is 0.251 e. The summed E-state index contributed by atoms with van der Waals surface area (Å²) in [5, 5.41) is 3.09. The van der Waals surface area contributed by atoms with Crippen LogP contribution in [-0.2, 0) is 16.0 Å². The Morgan fingerprint density at radius 1 is 1.29 bits per heavy atom. The number of anilines is 1. The van der Waals surface area contributed by atoms with E-state index in [1.807, 2.05) is 24.3 Å². The number of benzene rings is 1. The second-order valence-corrected chi connectivity index (χ2v) is 4.24. The molecule has 1 aliphatic heterocycles. The Hall–Kier alpha value is -1.84. The van der Waals surface area contributed by atoms with Crippen molar-refractivity contribution in [2.45, 2.75) is 25.8 Å². The molecule has 1 N–H and O–H groups in total. The number of aryl methyl sites for hydroxylation is 1. The number of carbonyl (C=O) groups is 2. The van der Waals surface area contributed by atoms with Gasteiger partial charge in [-0.25, -0.2) is 0 Å². The van der Waals surface area contributed by atoms with Gasteiger partial charge in [0, 0.05) is 12.7 Å². The molecule has 4 nitrogen and oxygen atoms in total. The minimum Gasteiger partial charge on any atom is -0.373 e. The minimum atomic E-state index is -0.417. The molecular weight excluding hydrogens is 216 g/mol. The van der Waals surface area contributed by atoms with Crippen molar-refractivity contribution in [3.8, 4) is 0 Å². The molecule has 4 heteroatoms. The summed E-state index contributed by atoms with van der Waals surface area (Å²) in [5.41, 5.74) is 2.13. The van der Waals surface area contributed by atoms with E-state index >= 15 is 0 Å². The maximum atomic E-state index is 11.7. The van der Waals surface area contributed by atoms with Gasteiger partial charge in [-0.2, -0.15) is 0 Å². The fourth-order valence-electron chi connectivity index (χ4n) is 1.91. The highest BCUT2D eigenvalue weighted by Crippen LogP contribution is 2.17. The Balaban J connectivity index is 2.06. The van der Waals surface area contributed by atoms with Gasteiger partial charge in [0.2, 0.25) is 5.91 Å². The van der Waals surface area contributed by atoms with Crippen LogP contribution < -0.4 is 5.32 Å². The Kier molecular flexibility index (Phi) is 3.13. The number of nitrogens with zero attached hydrogens (tertiary/aromatic N) is 1. The lowest BCUT2D eigenvalue weighted by Crippen LogP contribution is -2.31. The van der Waals surface area contributed by atoms with Crippen LogP contribution in [0.5, 0.6) is 0 Å². The number of amides is 2. The molecule has 17 heavy (non-hydrogen) atoms. The molecule has 0 aliphatic carbocycles. The Morgan fingerprint density at radius 2 is 1.94 bits per heavy atom. The number of carbonyl (C=O) groups excluding carboxylic acids is 2. The van der Waals surface area contributed by atoms with Crippen molar-refractivity contribution in [2.75, 3.05) is 12.4 Å². The van der Waals surface area contributed by atoms with E-state index in [0.29, 0.717) is 0 Å². The Bertz CT molecular complexity index is 439. The van der Waals surface area contributed by atoms with E-state index in [9.17, 15) is 9.59 Å². The Labute approximate surface area is 101 Å². The molecule has 2 amide bonds. The van der Waals surface area contributed by atoms with Crippen molar-refractivity contribution in [3.05, 3.63) is 29.8 Å². The molecule has 1 aliphatic rings. The van der Waals surface area contributed by atoms with Gasteiger partial charge in [0.1, 0.15) is 6.04 Å². The number of hydrogen-bond acceptors (Lipinski definition) is 3. The zero-order chi connectivity index (χ0) is 12.4. The molecule has 2 rings (SSSR count). The van der Waals surface area contributed by atoms with Crippen LogP contribution in [-0.4, -0.2) is 29.8 Å². The molecule has 1 fully saturated rings. The summed E-state index contributed by atoms with van der Waals surface area (Å²) in [5.74, 6) is -0.285. The molecule has 1 aromatic carbocycles. The predicted octanol–water partition coefficient (Wildman–Crippen LogP) is 1.42. The molecule has 0 saturated carbocycles. The maximum absolute atomic E-state index is 11.7. The highest BCUT2D eigenvalue weighted by atomic mass is 16.2. The summed E-state index contributed by atoms with van der Waals surface area (Å²) in [6.45, 7) is 2.09. The molecule has 90 valence electrons. The van der Waals surface area contributed by atoms with Gasteiger partial charge in [-0.15, -0.1) is 0 Å². The highest BCUT2D eigenvalue weighted by molar-refractivity contribution is 6.06. The number of likely N-dealkylation sites (tertiary alicyclic amines) is 1. The lowest BCUT2D eigenvalue weighted by atomic mass is 10.1. The van der Waals surface area contributed by atoms with Crippen molar-refractivity contribution in [2.24, 2.45) is 0 Å². The summed E-state index contributed by atoms with van der Waals surface area (Å²) in [6.07, 6.45) is 1.23. The van der Waals surface area contributed by atoms with Gasteiger partial charge in [-0.3, -0.25) is 14.5 Å². The molecule has 0 radical (unpaired) electrons. The van der Waals surface area contributed by atoms with Gasteiger partial charge < -0.3 is 5.32 Å². The first-order valence-corrected chi connectivity index (χ1v) is 5.77. The van der Waals surface area contributed by atoms with Crippen LogP contribution in [0.4, 0.5) is 5.69 Å². The third kappa shape index (κ3) is 2.30. The van der Waals surface area contributed by atoms with Crippen molar-refractivity contribution >= 4 is 17.5 Å². The minimum absolute atomic E-state index is 0.127. The lowest BCUT2D eigenvalue weighted by Gasteiger charge is -2.12. The van der Waals surface area contributed by atoms with Crippen molar-refractivity contribution < 1.29 is 9.59 Å². The standard InChI is InChI=1S/C13H16N2O2/c1-3-9-4-6-10(7-5-9)14-11-8-12(16)15(2)13(11)17/h4-7,11,14H,3,8H2,1-2H3/t11-/m1/s1. The first-order valence-electron chi connectivity index (χ1n) is 5.77. The van der Waals surface area contributed by atoms with Gasteiger partial charge in [0.05, 0.1) is 6.42 Å². The summed E-state index contributed by atoms with van der Waals surface area (Å²) in [7, 11) is 1.52. The monoisotopic (exact) mass is 232 g/mol. The van der Waals surface area contributed by atoms with Gasteiger partial charge >= 0.3 is 0 Å². The number of imide groups is 1. The summed E-state index contributed by atoms with van der Waals surface area (Å²) >= 11 is 0. The molecule has 0 aromatic heterocycles. The molecule has 1 saturated heterocycles. The Morgan fingerprint density at radius 3 is 2.41 bits per heavy atom. The average molecular weight is 232 g/mol. The quantitative estimate of drug-likeness (QED) is 0.802. The topological polar surface area (TPSA) is 49.4 Å². The van der Waals surface area contributed by atoms with Gasteiger partial charge in [-0.05, 0) is 24.1 Å². The predicted molar refractivity (Wildman–Crippen MR) is 65.6 cm³/mol. The zero-order valence-electron chi connectivity index (χ0n) is 10.1. The summed E-state index contributed by atoms with van der Waals surface area (Å²) in [6, 6.07) is 7.50. The molecule has 1 heterocycles. The van der Waals surface area contributed by atoms with Gasteiger partial charge in [-0.1, -0.05) is 19.1 Å². The van der Waals surface area contributed by atoms with Crippen LogP contribution in [0.25, 0.3) is 0 Å². The van der Waals surface area contributed by atoms with Crippen LogP contribution in [0.1, 0.15) is 18.9 Å². The first-order chi connectivity index (χ1) is 8.11. The third-order valence-electron chi connectivity index (χ3n) is 3.08. The van der Waals surface area contributed by atoms with Crippen LogP contribution in [0.3, 0.4) is 0 Å². The largest absolute Gasteiger partial charge is 0.373 e. The van der Waals surface area contributed by atoms with E-state index in [1.54, 1.807) is 0 Å². The van der Waals surface area contributed by atoms with Crippen LogP contribution in [0.2, 0.25) is 0 Å². The van der Waals surface area contributed by atoms with Gasteiger partial charge in [0.15, 0.2) is 0 Å². The maximum Gasteiger partial charge on any atom is 0.251 e. The van der Waals surface area contributed by atoms with E-state index in [-0.39, 0.29) is 18.2 Å². The van der Waals surface area contributed by atoms with Crippen molar-refractivity contribution in [1.29, 1.82) is 0 Å². The van der Waals surface area contributed by atoms with Gasteiger partial charge in [0.25, 0.3) is 5.91 Å². The summed E-state index contributed by atoms with van der Waals surface area (Å²) < 4.78 is 0. The molecule has 0 spiro atoms. The van der Waals surface area contributed by atoms with Crippen molar-refractivity contribution in [3.63, 3.8) is 0 Å². The van der Waals surface area contributed by atoms with E-state index in [4.69, 9.17) is 0 Å². The zero-order valence-corrected chi connectivity index (χ0v) is 10.1. The molecule has 0 unspecified atom stereocenters. The van der Waals surface area contributed by atoms with Crippen LogP contribution >= 0.6 is 0 Å². The van der Waals surface area contributed by atoms with E-state index < -0.39 is 6.04 Å². The number of hydrogen-bond donors (Lipinski definition) is 1. The fourth-order valence-corrected chi connectivity index (χ4v) is 1.91. The fraction of sp³-hybridized carbons (Fsp3) is 0.385. The van der Waals surface area contributed by atoms with E-state index in [0.717, 1.165) is 12.1 Å². The second-order valence-electron chi connectivity index (χ2n) is 4.24. The molecular formula is C13H16N2O2. The SMILES string of the molecule is CCc1ccc(N[C@@H]2CC(=O)N(C)C2=O)cc1. The highest BCUT2D eigenvalue weighted by Gasteiger charge is 2.35. The van der Waals surface area contributed by atoms with Crippen LogP contribution in [0, 0.1) is 0 Å². The molecule has 1 atom stereocenters. The molecule has 0 bridgehead atoms. The lowest BCUT2D eigenvalue weighted by molar-refractivity contribution is -0.136. The number of rotatable bonds is 3. The second kappa shape index (κ2) is 4.57. The number of nitrogens with one attached hydrogen (secondary N) is 1. The van der Waals surface area contributed by atoms with Crippen LogP contribution in [0.15, 0.2) is 24.3 Å². The normalized spacial score (nSPS) is 19.9. The summed E-state index contributed by atoms with van der Waals surface area (Å²) in [4.78, 5) is 24.2. The first kappa shape index (κ1) is 11.6.